The Labute approximate surface area is 198 Å². The molecular weight excluding hydrogens is 428 g/mol. The molecule has 0 radical (unpaired) electrons. The lowest BCUT2D eigenvalue weighted by Gasteiger charge is -2.12. The van der Waals surface area contributed by atoms with Crippen molar-refractivity contribution in [3.63, 3.8) is 0 Å². The van der Waals surface area contributed by atoms with E-state index in [0.29, 0.717) is 24.9 Å². The number of aliphatic imine (C=N–C) groups is 1. The van der Waals surface area contributed by atoms with Crippen LogP contribution in [0.25, 0.3) is 10.9 Å². The first-order chi connectivity index (χ1) is 16.5. The molecule has 0 aliphatic heterocycles. The minimum Gasteiger partial charge on any atom is -0.497 e. The van der Waals surface area contributed by atoms with Crippen molar-refractivity contribution in [1.29, 1.82) is 0 Å². The van der Waals surface area contributed by atoms with E-state index in [2.05, 4.69) is 30.6 Å². The molecule has 0 bridgehead atoms. The van der Waals surface area contributed by atoms with Crippen LogP contribution in [0.1, 0.15) is 22.5 Å². The second-order valence-electron chi connectivity index (χ2n) is 8.02. The van der Waals surface area contributed by atoms with E-state index >= 15 is 0 Å². The van der Waals surface area contributed by atoms with Crippen molar-refractivity contribution >= 4 is 28.7 Å². The minimum atomic E-state index is -0.166. The third kappa shape index (κ3) is 5.98. The fraction of sp³-hybridized carbons (Fsp3) is 0.231. The molecule has 3 N–H and O–H groups in total. The average Bonchev–Trinajstić information content (AvgIpc) is 3.21. The largest absolute Gasteiger partial charge is 0.497 e. The molecule has 2 aromatic carbocycles. The third-order valence-electron chi connectivity index (χ3n) is 5.30. The Balaban J connectivity index is 1.49. The van der Waals surface area contributed by atoms with Crippen molar-refractivity contribution < 1.29 is 9.53 Å². The van der Waals surface area contributed by atoms with Gasteiger partial charge in [0.25, 0.3) is 0 Å². The van der Waals surface area contributed by atoms with Gasteiger partial charge in [0.2, 0.25) is 17.8 Å². The number of rotatable bonds is 7. The molecule has 0 saturated carbocycles. The molecule has 4 rings (SSSR count). The van der Waals surface area contributed by atoms with Crippen LogP contribution in [0.15, 0.2) is 65.8 Å². The molecule has 0 saturated heterocycles. The van der Waals surface area contributed by atoms with Gasteiger partial charge < -0.3 is 9.72 Å². The fourth-order valence-corrected chi connectivity index (χ4v) is 3.74. The van der Waals surface area contributed by atoms with E-state index in [9.17, 15) is 4.79 Å². The highest BCUT2D eigenvalue weighted by atomic mass is 16.5. The van der Waals surface area contributed by atoms with Gasteiger partial charge in [-0.2, -0.15) is 0 Å². The molecule has 8 heteroatoms. The van der Waals surface area contributed by atoms with E-state index in [4.69, 9.17) is 4.74 Å². The third-order valence-corrected chi connectivity index (χ3v) is 5.30. The van der Waals surface area contributed by atoms with Gasteiger partial charge in [-0.15, -0.1) is 0 Å². The molecule has 174 valence electrons. The van der Waals surface area contributed by atoms with Gasteiger partial charge in [0.1, 0.15) is 5.75 Å². The summed E-state index contributed by atoms with van der Waals surface area (Å²) in [7, 11) is 1.65. The summed E-state index contributed by atoms with van der Waals surface area (Å²) in [6, 6.07) is 17.4. The van der Waals surface area contributed by atoms with Crippen LogP contribution >= 0.6 is 0 Å². The maximum atomic E-state index is 12.7. The number of hydrogen-bond acceptors (Lipinski definition) is 5. The first kappa shape index (κ1) is 23.0. The highest BCUT2D eigenvalue weighted by molar-refractivity contribution is 6.03. The van der Waals surface area contributed by atoms with Crippen LogP contribution in [0, 0.1) is 13.8 Å². The number of anilines is 1. The molecule has 2 heterocycles. The smallest absolute Gasteiger partial charge is 0.231 e. The lowest BCUT2D eigenvalue weighted by atomic mass is 10.1. The Morgan fingerprint density at radius 2 is 1.82 bits per heavy atom. The number of aryl methyl sites for hydroxylation is 2. The molecule has 0 unspecified atom stereocenters. The normalized spacial score (nSPS) is 11.4. The van der Waals surface area contributed by atoms with Crippen molar-refractivity contribution in [3.05, 3.63) is 83.3 Å². The number of methoxy groups -OCH3 is 1. The van der Waals surface area contributed by atoms with Gasteiger partial charge >= 0.3 is 0 Å². The number of guanidine groups is 1. The zero-order valence-corrected chi connectivity index (χ0v) is 19.6. The fourth-order valence-electron chi connectivity index (χ4n) is 3.74. The zero-order valence-electron chi connectivity index (χ0n) is 19.6. The van der Waals surface area contributed by atoms with Gasteiger partial charge in [0.05, 0.1) is 13.5 Å². The van der Waals surface area contributed by atoms with E-state index in [1.165, 1.54) is 0 Å². The number of nitrogens with one attached hydrogen (secondary N) is 3. The van der Waals surface area contributed by atoms with Gasteiger partial charge in [-0.3, -0.25) is 20.4 Å². The zero-order chi connectivity index (χ0) is 23.9. The SMILES string of the molecule is COc1ccc2c(CCN=C(NC(=O)Cc3ccccc3)Nc3nc(C)cc(C)n3)c[nH]c2c1. The van der Waals surface area contributed by atoms with Gasteiger partial charge in [0.15, 0.2) is 0 Å². The highest BCUT2D eigenvalue weighted by Crippen LogP contribution is 2.23. The number of benzene rings is 2. The average molecular weight is 457 g/mol. The number of fused-ring (bicyclic) bond motifs is 1. The second-order valence-corrected chi connectivity index (χ2v) is 8.02. The summed E-state index contributed by atoms with van der Waals surface area (Å²) in [6.07, 6.45) is 2.92. The van der Waals surface area contributed by atoms with Crippen LogP contribution in [-0.4, -0.2) is 40.5 Å². The van der Waals surface area contributed by atoms with Crippen LogP contribution in [0.5, 0.6) is 5.75 Å². The number of carbonyl (C=O) groups excluding carboxylic acids is 1. The van der Waals surface area contributed by atoms with Crippen molar-refractivity contribution in [2.24, 2.45) is 4.99 Å². The monoisotopic (exact) mass is 456 g/mol. The Hall–Kier alpha value is -4.20. The lowest BCUT2D eigenvalue weighted by Crippen LogP contribution is -2.37. The number of aromatic amines is 1. The Morgan fingerprint density at radius 1 is 1.06 bits per heavy atom. The molecule has 8 nitrogen and oxygen atoms in total. The number of carbonyl (C=O) groups is 1. The van der Waals surface area contributed by atoms with E-state index in [1.807, 2.05) is 74.6 Å². The first-order valence-electron chi connectivity index (χ1n) is 11.1. The Bertz CT molecular complexity index is 1290. The van der Waals surface area contributed by atoms with E-state index in [1.54, 1.807) is 7.11 Å². The molecule has 0 fully saturated rings. The Morgan fingerprint density at radius 3 is 2.56 bits per heavy atom. The number of ether oxygens (including phenoxy) is 1. The molecular formula is C26H28N6O2. The lowest BCUT2D eigenvalue weighted by molar-refractivity contribution is -0.119. The molecule has 0 aliphatic rings. The van der Waals surface area contributed by atoms with Gasteiger partial charge in [-0.05, 0) is 49.6 Å². The number of H-pyrrole nitrogens is 1. The predicted octanol–water partition coefficient (Wildman–Crippen LogP) is 3.95. The maximum Gasteiger partial charge on any atom is 0.231 e. The molecule has 1 amide bonds. The van der Waals surface area contributed by atoms with Gasteiger partial charge in [0, 0.05) is 41.1 Å². The second kappa shape index (κ2) is 10.6. The minimum absolute atomic E-state index is 0.166. The van der Waals surface area contributed by atoms with Gasteiger partial charge in [-0.1, -0.05) is 30.3 Å². The number of nitrogens with zero attached hydrogens (tertiary/aromatic N) is 3. The first-order valence-corrected chi connectivity index (χ1v) is 11.1. The summed E-state index contributed by atoms with van der Waals surface area (Å²) in [5, 5.41) is 7.08. The van der Waals surface area contributed by atoms with E-state index in [0.717, 1.165) is 39.2 Å². The van der Waals surface area contributed by atoms with Crippen LogP contribution in [0.2, 0.25) is 0 Å². The molecule has 0 atom stereocenters. The summed E-state index contributed by atoms with van der Waals surface area (Å²) < 4.78 is 5.29. The van der Waals surface area contributed by atoms with Crippen molar-refractivity contribution in [2.45, 2.75) is 26.7 Å². The predicted molar refractivity (Wildman–Crippen MR) is 134 cm³/mol. The van der Waals surface area contributed by atoms with Crippen LogP contribution in [0.4, 0.5) is 5.95 Å². The molecule has 4 aromatic rings. The standard InChI is InChI=1S/C26H28N6O2/c1-17-13-18(2)30-26(29-17)32-25(31-24(33)14-19-7-5-4-6-8-19)27-12-11-20-16-28-23-15-21(34-3)9-10-22(20)23/h4-10,13,15-16,28H,11-12,14H2,1-3H3,(H2,27,29,30,31,32,33). The molecule has 2 aromatic heterocycles. The Kier molecular flexibility index (Phi) is 7.17. The number of amides is 1. The van der Waals surface area contributed by atoms with Crippen molar-refractivity contribution in [3.8, 4) is 5.75 Å². The summed E-state index contributed by atoms with van der Waals surface area (Å²) >= 11 is 0. The topological polar surface area (TPSA) is 104 Å². The summed E-state index contributed by atoms with van der Waals surface area (Å²) in [4.78, 5) is 29.4. The molecule has 0 aliphatic carbocycles. The highest BCUT2D eigenvalue weighted by Gasteiger charge is 2.11. The van der Waals surface area contributed by atoms with Crippen molar-refractivity contribution in [1.82, 2.24) is 20.3 Å². The summed E-state index contributed by atoms with van der Waals surface area (Å²) in [5.41, 5.74) is 4.74. The maximum absolute atomic E-state index is 12.7. The quantitative estimate of drug-likeness (QED) is 0.289. The van der Waals surface area contributed by atoms with E-state index in [-0.39, 0.29) is 12.3 Å². The molecule has 0 spiro atoms. The van der Waals surface area contributed by atoms with E-state index < -0.39 is 0 Å². The van der Waals surface area contributed by atoms with Crippen molar-refractivity contribution in [2.75, 3.05) is 19.0 Å². The summed E-state index contributed by atoms with van der Waals surface area (Å²) in [5.74, 6) is 1.36. The van der Waals surface area contributed by atoms with Gasteiger partial charge in [-0.25, -0.2) is 9.97 Å². The molecule has 34 heavy (non-hydrogen) atoms. The van der Waals surface area contributed by atoms with Crippen LogP contribution in [0.3, 0.4) is 0 Å². The van der Waals surface area contributed by atoms with Crippen LogP contribution < -0.4 is 15.4 Å². The number of aromatic nitrogens is 3. The summed E-state index contributed by atoms with van der Waals surface area (Å²) in [6.45, 7) is 4.27. The van der Waals surface area contributed by atoms with Crippen LogP contribution in [-0.2, 0) is 17.6 Å². The number of hydrogen-bond donors (Lipinski definition) is 3.